The van der Waals surface area contributed by atoms with Crippen LogP contribution in [0.4, 0.5) is 5.69 Å². The van der Waals surface area contributed by atoms with Crippen molar-refractivity contribution in [2.45, 2.75) is 32.7 Å². The maximum atomic E-state index is 11.4. The number of hydrogen-bond acceptors (Lipinski definition) is 5. The first-order valence-corrected chi connectivity index (χ1v) is 6.29. The van der Waals surface area contributed by atoms with Crippen LogP contribution in [0.2, 0.25) is 5.02 Å². The van der Waals surface area contributed by atoms with Gasteiger partial charge in [0.25, 0.3) is 5.91 Å². The fourth-order valence-corrected chi connectivity index (χ4v) is 1.89. The lowest BCUT2D eigenvalue weighted by molar-refractivity contribution is -0.438. The zero-order valence-corrected chi connectivity index (χ0v) is 11.5. The van der Waals surface area contributed by atoms with E-state index < -0.39 is 5.91 Å². The molecule has 1 aromatic carbocycles. The summed E-state index contributed by atoms with van der Waals surface area (Å²) in [6.07, 6.45) is 1.76. The molecule has 106 valence electrons. The van der Waals surface area contributed by atoms with E-state index in [9.17, 15) is 4.79 Å². The van der Waals surface area contributed by atoms with Gasteiger partial charge < -0.3 is 15.9 Å². The Morgan fingerprint density at radius 3 is 2.58 bits per heavy atom. The van der Waals surface area contributed by atoms with Crippen LogP contribution in [0.1, 0.15) is 37.0 Å². The molecule has 1 amide bonds. The Labute approximate surface area is 116 Å². The molecule has 1 rings (SSSR count). The second-order valence-electron chi connectivity index (χ2n) is 4.01. The minimum atomic E-state index is -0.605. The average Bonchev–Trinajstić information content (AvgIpc) is 2.38. The molecular weight excluding hydrogens is 272 g/mol. The number of hydrogen-bond donors (Lipinski definition) is 3. The van der Waals surface area contributed by atoms with E-state index in [0.717, 1.165) is 12.8 Å². The highest BCUT2D eigenvalue weighted by molar-refractivity contribution is 6.32. The summed E-state index contributed by atoms with van der Waals surface area (Å²) in [5.41, 5.74) is 6.04. The van der Waals surface area contributed by atoms with Gasteiger partial charge in [-0.05, 0) is 23.9 Å². The SMILES string of the molecule is CCC(CC)Nc1cc(OOO)c(Cl)cc1C(N)=O. The molecule has 0 spiro atoms. The average molecular weight is 289 g/mol. The molecule has 0 radical (unpaired) electrons. The van der Waals surface area contributed by atoms with Crippen LogP contribution in [0.25, 0.3) is 0 Å². The first-order valence-electron chi connectivity index (χ1n) is 5.91. The van der Waals surface area contributed by atoms with Gasteiger partial charge in [0.15, 0.2) is 5.75 Å². The van der Waals surface area contributed by atoms with E-state index >= 15 is 0 Å². The van der Waals surface area contributed by atoms with E-state index in [1.807, 2.05) is 13.8 Å². The summed E-state index contributed by atoms with van der Waals surface area (Å²) in [7, 11) is 0. The number of carbonyl (C=O) groups is 1. The van der Waals surface area contributed by atoms with Gasteiger partial charge in [-0.15, -0.1) is 0 Å². The molecule has 0 heterocycles. The van der Waals surface area contributed by atoms with Crippen molar-refractivity contribution < 1.29 is 20.0 Å². The molecule has 4 N–H and O–H groups in total. The lowest BCUT2D eigenvalue weighted by atomic mass is 10.1. The van der Waals surface area contributed by atoms with Crippen LogP contribution >= 0.6 is 11.6 Å². The Hall–Kier alpha value is -1.50. The second kappa shape index (κ2) is 7.18. The molecule has 0 aromatic heterocycles. The van der Waals surface area contributed by atoms with Gasteiger partial charge in [0.1, 0.15) is 0 Å². The van der Waals surface area contributed by atoms with Gasteiger partial charge in [-0.2, -0.15) is 0 Å². The van der Waals surface area contributed by atoms with Crippen molar-refractivity contribution in [3.63, 3.8) is 0 Å². The predicted octanol–water partition coefficient (Wildman–Crippen LogP) is 2.82. The van der Waals surface area contributed by atoms with Crippen molar-refractivity contribution in [3.05, 3.63) is 22.7 Å². The lowest BCUT2D eigenvalue weighted by Gasteiger charge is -2.19. The summed E-state index contributed by atoms with van der Waals surface area (Å²) in [4.78, 5) is 15.9. The number of benzene rings is 1. The van der Waals surface area contributed by atoms with Crippen molar-refractivity contribution in [3.8, 4) is 5.75 Å². The maximum absolute atomic E-state index is 11.4. The molecule has 0 saturated carbocycles. The van der Waals surface area contributed by atoms with Gasteiger partial charge in [-0.3, -0.25) is 4.79 Å². The van der Waals surface area contributed by atoms with Gasteiger partial charge >= 0.3 is 0 Å². The number of amides is 1. The van der Waals surface area contributed by atoms with E-state index in [4.69, 9.17) is 22.6 Å². The molecule has 6 nitrogen and oxygen atoms in total. The number of nitrogens with two attached hydrogens (primary N) is 1. The van der Waals surface area contributed by atoms with Crippen molar-refractivity contribution in [1.82, 2.24) is 0 Å². The van der Waals surface area contributed by atoms with Gasteiger partial charge in [0, 0.05) is 12.1 Å². The number of primary amides is 1. The third-order valence-electron chi connectivity index (χ3n) is 2.81. The summed E-state index contributed by atoms with van der Waals surface area (Å²) in [5, 5.41) is 15.2. The standard InChI is InChI=1S/C12H17ClN2O4/c1-3-7(4-2)15-10-6-11(18-19-17)9(13)5-8(10)12(14)16/h5-7,15,17H,3-4H2,1-2H3,(H2,14,16). The molecule has 0 aliphatic rings. The molecule has 0 atom stereocenters. The maximum Gasteiger partial charge on any atom is 0.250 e. The monoisotopic (exact) mass is 288 g/mol. The van der Waals surface area contributed by atoms with Crippen LogP contribution in [0, 0.1) is 0 Å². The fraction of sp³-hybridized carbons (Fsp3) is 0.417. The summed E-state index contributed by atoms with van der Waals surface area (Å²) in [6.45, 7) is 4.05. The number of anilines is 1. The summed E-state index contributed by atoms with van der Waals surface area (Å²) >= 11 is 5.88. The van der Waals surface area contributed by atoms with Crippen molar-refractivity contribution >= 4 is 23.2 Å². The lowest BCUT2D eigenvalue weighted by Crippen LogP contribution is -2.21. The third kappa shape index (κ3) is 3.99. The van der Waals surface area contributed by atoms with Gasteiger partial charge in [-0.25, -0.2) is 5.26 Å². The number of halogens is 1. The third-order valence-corrected chi connectivity index (χ3v) is 3.11. The molecule has 7 heteroatoms. The normalized spacial score (nSPS) is 10.6. The topological polar surface area (TPSA) is 93.8 Å². The molecule has 0 unspecified atom stereocenters. The Balaban J connectivity index is 3.16. The predicted molar refractivity (Wildman–Crippen MR) is 72.3 cm³/mol. The molecule has 0 bridgehead atoms. The Morgan fingerprint density at radius 2 is 2.11 bits per heavy atom. The molecule has 1 aromatic rings. The molecule has 19 heavy (non-hydrogen) atoms. The van der Waals surface area contributed by atoms with Crippen LogP contribution in [0.15, 0.2) is 12.1 Å². The number of carbonyl (C=O) groups excluding carboxylic acids is 1. The first kappa shape index (κ1) is 15.6. The van der Waals surface area contributed by atoms with E-state index in [1.54, 1.807) is 0 Å². The van der Waals surface area contributed by atoms with Crippen molar-refractivity contribution in [2.75, 3.05) is 5.32 Å². The highest BCUT2D eigenvalue weighted by Crippen LogP contribution is 2.32. The van der Waals surface area contributed by atoms with E-state index in [1.165, 1.54) is 12.1 Å². The van der Waals surface area contributed by atoms with E-state index in [0.29, 0.717) is 5.69 Å². The number of rotatable bonds is 7. The second-order valence-corrected chi connectivity index (χ2v) is 4.42. The minimum absolute atomic E-state index is 0.0858. The van der Waals surface area contributed by atoms with Crippen LogP contribution in [-0.4, -0.2) is 17.2 Å². The van der Waals surface area contributed by atoms with Crippen LogP contribution in [0.3, 0.4) is 0 Å². The molecular formula is C12H17ClN2O4. The highest BCUT2D eigenvalue weighted by Gasteiger charge is 2.16. The smallest absolute Gasteiger partial charge is 0.250 e. The highest BCUT2D eigenvalue weighted by atomic mass is 35.5. The molecule has 0 aliphatic heterocycles. The van der Waals surface area contributed by atoms with Gasteiger partial charge in [0.05, 0.1) is 16.3 Å². The van der Waals surface area contributed by atoms with Gasteiger partial charge in [-0.1, -0.05) is 25.4 Å². The van der Waals surface area contributed by atoms with Crippen molar-refractivity contribution in [2.24, 2.45) is 5.73 Å². The molecule has 0 fully saturated rings. The first-order chi connectivity index (χ1) is 9.03. The largest absolute Gasteiger partial charge is 0.382 e. The van der Waals surface area contributed by atoms with E-state index in [-0.39, 0.29) is 22.4 Å². The molecule has 0 saturated heterocycles. The van der Waals surface area contributed by atoms with Crippen LogP contribution in [-0.2, 0) is 5.04 Å². The number of nitrogens with one attached hydrogen (secondary N) is 1. The Kier molecular flexibility index (Phi) is 5.88. The Bertz CT molecular complexity index is 450. The van der Waals surface area contributed by atoms with Crippen LogP contribution in [0.5, 0.6) is 5.75 Å². The molecule has 0 aliphatic carbocycles. The zero-order chi connectivity index (χ0) is 14.4. The summed E-state index contributed by atoms with van der Waals surface area (Å²) in [5.74, 6) is -0.519. The van der Waals surface area contributed by atoms with Crippen molar-refractivity contribution in [1.29, 1.82) is 0 Å². The summed E-state index contributed by atoms with van der Waals surface area (Å²) in [6, 6.07) is 3.00. The summed E-state index contributed by atoms with van der Waals surface area (Å²) < 4.78 is 0. The van der Waals surface area contributed by atoms with E-state index in [2.05, 4.69) is 15.2 Å². The minimum Gasteiger partial charge on any atom is -0.382 e. The van der Waals surface area contributed by atoms with Crippen LogP contribution < -0.4 is 15.9 Å². The zero-order valence-electron chi connectivity index (χ0n) is 10.8. The fourth-order valence-electron chi connectivity index (χ4n) is 1.69. The Morgan fingerprint density at radius 1 is 1.47 bits per heavy atom. The quantitative estimate of drug-likeness (QED) is 0.530. The van der Waals surface area contributed by atoms with Gasteiger partial charge in [0.2, 0.25) is 0 Å².